The molecule has 1 aromatic carbocycles. The first kappa shape index (κ1) is 25.9. The van der Waals surface area contributed by atoms with E-state index < -0.39 is 0 Å². The molecule has 8 nitrogen and oxygen atoms in total. The highest BCUT2D eigenvalue weighted by atomic mass is 16.5. The van der Waals surface area contributed by atoms with Crippen molar-refractivity contribution in [3.63, 3.8) is 0 Å². The van der Waals surface area contributed by atoms with Crippen molar-refractivity contribution in [2.45, 2.75) is 71.4 Å². The van der Waals surface area contributed by atoms with Gasteiger partial charge in [0.1, 0.15) is 0 Å². The van der Waals surface area contributed by atoms with Gasteiger partial charge in [-0.25, -0.2) is 0 Å². The number of fused-ring (bicyclic) bond motifs is 1. The molecule has 2 aromatic rings. The Kier molecular flexibility index (Phi) is 9.24. The summed E-state index contributed by atoms with van der Waals surface area (Å²) in [5.74, 6) is -0.0285. The van der Waals surface area contributed by atoms with Crippen molar-refractivity contribution in [2.24, 2.45) is 5.10 Å². The number of likely N-dealkylation sites (tertiary alicyclic amines) is 1. The monoisotopic (exact) mass is 470 g/mol. The van der Waals surface area contributed by atoms with E-state index in [2.05, 4.69) is 16.8 Å². The van der Waals surface area contributed by atoms with Crippen LogP contribution in [0.3, 0.4) is 0 Å². The van der Waals surface area contributed by atoms with Crippen molar-refractivity contribution in [1.29, 1.82) is 0 Å². The fourth-order valence-corrected chi connectivity index (χ4v) is 4.78. The minimum absolute atomic E-state index is 0.0285. The standard InChI is InChI=1S/C24H32N4O4.C2H6/c1-3-16-13-21-20(14-19(16)24(31)27-9-4-5-18(29)6-10-27)22(15-23(30)26-21)28(25-2)17-7-11-32-12-8-17;1-2/h13-15,17-18,29H,2-12H2,1H3,(H,26,30);1-2H3. The zero-order valence-electron chi connectivity index (χ0n) is 20.7. The van der Waals surface area contributed by atoms with Crippen molar-refractivity contribution in [1.82, 2.24) is 9.88 Å². The summed E-state index contributed by atoms with van der Waals surface area (Å²) in [6, 6.07) is 5.42. The van der Waals surface area contributed by atoms with Gasteiger partial charge in [-0.15, -0.1) is 0 Å². The first-order valence-electron chi connectivity index (χ1n) is 12.5. The molecule has 1 amide bonds. The van der Waals surface area contributed by atoms with Crippen LogP contribution in [0, 0.1) is 0 Å². The van der Waals surface area contributed by atoms with Crippen molar-refractivity contribution in [3.05, 3.63) is 39.7 Å². The number of pyridine rings is 1. The van der Waals surface area contributed by atoms with Crippen molar-refractivity contribution >= 4 is 29.2 Å². The van der Waals surface area contributed by atoms with Crippen LogP contribution in [-0.2, 0) is 11.2 Å². The number of aliphatic hydroxyl groups is 1. The summed E-state index contributed by atoms with van der Waals surface area (Å²) in [6.07, 6.45) is 4.01. The molecule has 2 saturated heterocycles. The van der Waals surface area contributed by atoms with E-state index in [9.17, 15) is 14.7 Å². The van der Waals surface area contributed by atoms with Gasteiger partial charge in [0, 0.05) is 50.0 Å². The Balaban J connectivity index is 0.00000158. The number of aryl methyl sites for hydroxylation is 1. The lowest BCUT2D eigenvalue weighted by molar-refractivity contribution is 0.0752. The molecule has 2 N–H and O–H groups in total. The Morgan fingerprint density at radius 2 is 1.94 bits per heavy atom. The number of aliphatic hydroxyl groups excluding tert-OH is 1. The number of rotatable bonds is 5. The van der Waals surface area contributed by atoms with Crippen LogP contribution in [0.25, 0.3) is 10.9 Å². The minimum Gasteiger partial charge on any atom is -0.393 e. The lowest BCUT2D eigenvalue weighted by atomic mass is 9.99. The number of amides is 1. The Morgan fingerprint density at radius 3 is 2.62 bits per heavy atom. The minimum atomic E-state index is -0.349. The average molecular weight is 471 g/mol. The van der Waals surface area contributed by atoms with E-state index in [-0.39, 0.29) is 23.6 Å². The summed E-state index contributed by atoms with van der Waals surface area (Å²) in [5, 5.41) is 16.8. The molecular weight excluding hydrogens is 432 g/mol. The Morgan fingerprint density at radius 1 is 1.21 bits per heavy atom. The molecule has 1 atom stereocenters. The molecule has 0 bridgehead atoms. The quantitative estimate of drug-likeness (QED) is 0.513. The van der Waals surface area contributed by atoms with E-state index in [4.69, 9.17) is 4.74 Å². The SMILES string of the molecule is C=NN(c1cc(=O)[nH]c2cc(CC)c(C(=O)N3CCCC(O)CC3)cc12)C1CCOCC1.CC. The second-order valence-electron chi connectivity index (χ2n) is 8.63. The molecule has 1 aromatic heterocycles. The highest BCUT2D eigenvalue weighted by Crippen LogP contribution is 2.31. The van der Waals surface area contributed by atoms with Crippen molar-refractivity contribution in [3.8, 4) is 0 Å². The number of nitrogens with one attached hydrogen (secondary N) is 1. The largest absolute Gasteiger partial charge is 0.393 e. The number of hydrazone groups is 1. The van der Waals surface area contributed by atoms with Gasteiger partial charge in [0.05, 0.1) is 23.3 Å². The van der Waals surface area contributed by atoms with Gasteiger partial charge in [0.2, 0.25) is 0 Å². The summed E-state index contributed by atoms with van der Waals surface area (Å²) < 4.78 is 5.48. The van der Waals surface area contributed by atoms with Crippen LogP contribution >= 0.6 is 0 Å². The molecule has 2 fully saturated rings. The van der Waals surface area contributed by atoms with Crippen LogP contribution in [0.15, 0.2) is 28.1 Å². The molecule has 3 heterocycles. The van der Waals surface area contributed by atoms with Crippen molar-refractivity contribution < 1.29 is 14.6 Å². The first-order valence-corrected chi connectivity index (χ1v) is 12.5. The predicted molar refractivity (Wildman–Crippen MR) is 137 cm³/mol. The van der Waals surface area contributed by atoms with Gasteiger partial charge >= 0.3 is 0 Å². The predicted octanol–water partition coefficient (Wildman–Crippen LogP) is 3.70. The zero-order chi connectivity index (χ0) is 24.7. The molecule has 0 radical (unpaired) electrons. The fraction of sp³-hybridized carbons (Fsp3) is 0.577. The summed E-state index contributed by atoms with van der Waals surface area (Å²) >= 11 is 0. The van der Waals surface area contributed by atoms with E-state index in [0.717, 1.165) is 36.6 Å². The first-order chi connectivity index (χ1) is 16.5. The van der Waals surface area contributed by atoms with Crippen LogP contribution in [0.1, 0.15) is 68.8 Å². The second kappa shape index (κ2) is 12.1. The summed E-state index contributed by atoms with van der Waals surface area (Å²) in [7, 11) is 0. The number of nitrogens with zero attached hydrogens (tertiary/aromatic N) is 3. The van der Waals surface area contributed by atoms with Gasteiger partial charge in [0.15, 0.2) is 0 Å². The van der Waals surface area contributed by atoms with E-state index in [1.54, 1.807) is 0 Å². The van der Waals surface area contributed by atoms with Crippen LogP contribution in [0.4, 0.5) is 5.69 Å². The number of anilines is 1. The van der Waals surface area contributed by atoms with E-state index >= 15 is 0 Å². The fourth-order valence-electron chi connectivity index (χ4n) is 4.78. The molecule has 8 heteroatoms. The van der Waals surface area contributed by atoms with E-state index in [1.807, 2.05) is 42.8 Å². The van der Waals surface area contributed by atoms with Crippen LogP contribution in [0.5, 0.6) is 0 Å². The number of carbonyl (C=O) groups excluding carboxylic acids is 1. The Bertz CT molecular complexity index is 1050. The number of H-pyrrole nitrogens is 1. The van der Waals surface area contributed by atoms with E-state index in [1.165, 1.54) is 6.07 Å². The topological polar surface area (TPSA) is 98.2 Å². The maximum atomic E-state index is 13.5. The maximum absolute atomic E-state index is 13.5. The molecule has 0 aliphatic carbocycles. The van der Waals surface area contributed by atoms with Gasteiger partial charge in [-0.2, -0.15) is 5.10 Å². The van der Waals surface area contributed by atoms with Gasteiger partial charge in [-0.05, 0) is 56.2 Å². The van der Waals surface area contributed by atoms with E-state index in [0.29, 0.717) is 55.9 Å². The number of aromatic amines is 1. The highest BCUT2D eigenvalue weighted by Gasteiger charge is 2.26. The summed E-state index contributed by atoms with van der Waals surface area (Å²) in [5.41, 5.74) is 2.67. The third kappa shape index (κ3) is 5.67. The van der Waals surface area contributed by atoms with Gasteiger partial charge in [0.25, 0.3) is 11.5 Å². The second-order valence-corrected chi connectivity index (χ2v) is 8.63. The van der Waals surface area contributed by atoms with Gasteiger partial charge < -0.3 is 19.7 Å². The normalized spacial score (nSPS) is 19.2. The third-order valence-corrected chi connectivity index (χ3v) is 6.58. The molecule has 4 rings (SSSR count). The van der Waals surface area contributed by atoms with Gasteiger partial charge in [-0.3, -0.25) is 14.6 Å². The summed E-state index contributed by atoms with van der Waals surface area (Å²) in [6.45, 7) is 12.2. The number of aromatic nitrogens is 1. The number of ether oxygens (including phenoxy) is 1. The molecule has 34 heavy (non-hydrogen) atoms. The van der Waals surface area contributed by atoms with Crippen molar-refractivity contribution in [2.75, 3.05) is 31.3 Å². The van der Waals surface area contributed by atoms with Gasteiger partial charge in [-0.1, -0.05) is 20.8 Å². The third-order valence-electron chi connectivity index (χ3n) is 6.58. The lowest BCUT2D eigenvalue weighted by Gasteiger charge is -2.32. The van der Waals surface area contributed by atoms with Crippen LogP contribution < -0.4 is 10.6 Å². The molecule has 2 aliphatic rings. The average Bonchev–Trinajstić information content (AvgIpc) is 3.09. The molecular formula is C26H38N4O4. The van der Waals surface area contributed by atoms with Crippen LogP contribution in [-0.4, -0.2) is 66.1 Å². The maximum Gasteiger partial charge on any atom is 0.254 e. The molecule has 186 valence electrons. The molecule has 1 unspecified atom stereocenters. The molecule has 2 aliphatic heterocycles. The Hall–Kier alpha value is -2.71. The molecule has 0 spiro atoms. The highest BCUT2D eigenvalue weighted by molar-refractivity contribution is 6.02. The molecule has 0 saturated carbocycles. The van der Waals surface area contributed by atoms with Crippen LogP contribution in [0.2, 0.25) is 0 Å². The zero-order valence-corrected chi connectivity index (χ0v) is 20.7. The smallest absolute Gasteiger partial charge is 0.254 e. The number of hydrogen-bond donors (Lipinski definition) is 2. The summed E-state index contributed by atoms with van der Waals surface area (Å²) in [4.78, 5) is 30.7. The number of hydrogen-bond acceptors (Lipinski definition) is 6. The Labute approximate surface area is 201 Å². The lowest BCUT2D eigenvalue weighted by Crippen LogP contribution is -2.36. The number of benzene rings is 1. The number of carbonyl (C=O) groups is 1.